The predicted molar refractivity (Wildman–Crippen MR) is 422 cm³/mol. The summed E-state index contributed by atoms with van der Waals surface area (Å²) in [4.78, 5) is 134. The van der Waals surface area contributed by atoms with Crippen LogP contribution in [0.3, 0.4) is 0 Å². The number of nitrogens with zero attached hydrogens (tertiary/aromatic N) is 7. The third-order valence-electron chi connectivity index (χ3n) is 17.9. The van der Waals surface area contributed by atoms with Crippen molar-refractivity contribution < 1.29 is 74.4 Å². The van der Waals surface area contributed by atoms with Crippen molar-refractivity contribution in [1.29, 1.82) is 0 Å². The van der Waals surface area contributed by atoms with Crippen molar-refractivity contribution in [2.75, 3.05) is 131 Å². The fourth-order valence-electron chi connectivity index (χ4n) is 12.1. The van der Waals surface area contributed by atoms with Gasteiger partial charge in [-0.2, -0.15) is 4.36 Å². The monoisotopic (exact) mass is 1590 g/mol. The van der Waals surface area contributed by atoms with Gasteiger partial charge in [0.2, 0.25) is 29.6 Å². The molecular weight excluding hydrogens is 1490 g/mol. The van der Waals surface area contributed by atoms with E-state index in [0.29, 0.717) is 112 Å². The fourth-order valence-corrected chi connectivity index (χ4v) is 14.6. The number of hydrogen-bond donors (Lipinski definition) is 13. The van der Waals surface area contributed by atoms with E-state index in [1.807, 2.05) is 30.8 Å². The number of carboxylic acids is 1. The summed E-state index contributed by atoms with van der Waals surface area (Å²) in [7, 11) is -2.07. The number of carbonyl (C=O) groups excluding carboxylic acids is 8. The second kappa shape index (κ2) is 41.2. The molecule has 604 valence electrons. The number of amides is 11. The van der Waals surface area contributed by atoms with Crippen molar-refractivity contribution in [1.82, 2.24) is 56.2 Å². The van der Waals surface area contributed by atoms with E-state index in [1.54, 1.807) is 56.1 Å². The number of anilines is 7. The van der Waals surface area contributed by atoms with E-state index in [-0.39, 0.29) is 71.0 Å². The number of nitrogens with one attached hydrogen (secondary N) is 11. The molecule has 0 saturated carbocycles. The van der Waals surface area contributed by atoms with Crippen LogP contribution in [0.2, 0.25) is 0 Å². The summed E-state index contributed by atoms with van der Waals surface area (Å²) in [5.74, 6) is -6.65. The van der Waals surface area contributed by atoms with Gasteiger partial charge in [-0.15, -0.1) is 0 Å². The average Bonchev–Trinajstić information content (AvgIpc) is 1.74. The van der Waals surface area contributed by atoms with E-state index in [9.17, 15) is 65.3 Å². The van der Waals surface area contributed by atoms with Crippen LogP contribution < -0.4 is 68.4 Å². The lowest BCUT2D eigenvalue weighted by atomic mass is 10.0. The van der Waals surface area contributed by atoms with Crippen molar-refractivity contribution >= 4 is 113 Å². The number of likely N-dealkylation sites (N-methyl/N-ethyl adjacent to an activating group) is 3. The highest BCUT2D eigenvalue weighted by Crippen LogP contribution is 2.31. The first kappa shape index (κ1) is 86.4. The zero-order valence-corrected chi connectivity index (χ0v) is 65.2. The van der Waals surface area contributed by atoms with E-state index < -0.39 is 128 Å². The molecule has 14 N–H and O–H groups in total. The van der Waals surface area contributed by atoms with Gasteiger partial charge in [-0.05, 0) is 162 Å². The number of rotatable bonds is 33. The molecular formula is C75H99F2N19O14S2. The van der Waals surface area contributed by atoms with Crippen LogP contribution in [0, 0.1) is 17.6 Å². The molecule has 6 aromatic rings. The zero-order valence-electron chi connectivity index (χ0n) is 63.5. The Morgan fingerprint density at radius 1 is 0.723 bits per heavy atom. The zero-order chi connectivity index (χ0) is 81.2. The minimum atomic E-state index is -4.19. The Kier molecular flexibility index (Phi) is 31.8. The van der Waals surface area contributed by atoms with Gasteiger partial charge in [0, 0.05) is 105 Å². The number of aromatic nitrogens is 2. The summed E-state index contributed by atoms with van der Waals surface area (Å²) in [6, 6.07) is 20.1. The van der Waals surface area contributed by atoms with Gasteiger partial charge in [-0.1, -0.05) is 39.0 Å². The van der Waals surface area contributed by atoms with Gasteiger partial charge < -0.3 is 83.4 Å². The SMILES string of the molecule is CCCNC(=O)Nc1cccc(S(=O)(=O)Nc2cccc([C@@H](CC(=O)O)NC(=O)Nc3ccc(NC(=O)NCCN(C)CCN(C)CCN(C)CC(=O)N[C@@H](CC(N)=O)C(=O)N4CCC[C@H]4C(=O)N[C@H](C(=O)N=[S@@](C)(=O)Cc4cc5cc(c4)OCCCCCNc4cc(ccc4F)-c4nc(ncc4F)N5)C(C)C)cc3)c2)c1. The number of nitrogens with two attached hydrogens (primary N) is 1. The van der Waals surface area contributed by atoms with Gasteiger partial charge in [0.15, 0.2) is 5.82 Å². The van der Waals surface area contributed by atoms with Gasteiger partial charge in [-0.25, -0.2) is 45.8 Å². The molecule has 1 saturated heterocycles. The molecule has 6 bridgehead atoms. The lowest BCUT2D eigenvalue weighted by molar-refractivity contribution is -0.143. The molecule has 5 aromatic carbocycles. The molecule has 2 aliphatic heterocycles. The standard InChI is InChI=1S/C75H99F2N19O14S2/c1-8-26-80-73(104)86-53-16-13-18-57(41-53)112(108,109)91-54-17-12-15-49(38-54)60(43-66(99)100)88-75(106)85-52-23-21-51(22-24-52)84-74(105)81-28-30-93(4)31-32-94(5)33-34-95(6)45-65(98)87-62(42-64(78)97)71(103)96-29-14-19-63(96)69(101)89-67(47(2)3)70(102)92-111(7,107)46-48-36-55-40-56(37-48)110-35-11-9-10-27-79-61-39-50(20-25-58(61)76)68-59(77)44-82-72(83-55)90-68/h12-13,15-18,20-25,36-41,44,47,60,62-63,67,79,91H,8-11,14,19,26-35,42-43,45-46H2,1-7H3,(H2,78,97)(H,87,98)(H,89,101)(H,99,100)(H2,80,86,104)(H2,81,84,105)(H,82,83,90)(H2,85,88,106)/t60-,62+,63+,67+,111+/m1/s1. The number of aliphatic carboxylic acids is 1. The molecule has 0 unspecified atom stereocenters. The molecule has 3 heterocycles. The Balaban J connectivity index is 0.749. The number of ether oxygens (including phenoxy) is 1. The second-order valence-corrected chi connectivity index (χ2v) is 31.9. The maximum atomic E-state index is 15.2. The van der Waals surface area contributed by atoms with Gasteiger partial charge in [-0.3, -0.25) is 38.4 Å². The van der Waals surface area contributed by atoms with Gasteiger partial charge >= 0.3 is 24.1 Å². The number of carboxylic acid groups (broad SMARTS) is 1. The Hall–Kier alpha value is -11.2. The number of primary amides is 1. The highest BCUT2D eigenvalue weighted by atomic mass is 32.2. The fraction of sp³-hybridized carbons (Fsp3) is 0.427. The van der Waals surface area contributed by atoms with Crippen LogP contribution in [-0.4, -0.2) is 218 Å². The maximum Gasteiger partial charge on any atom is 0.319 e. The lowest BCUT2D eigenvalue weighted by Crippen LogP contribution is -2.57. The van der Waals surface area contributed by atoms with E-state index in [4.69, 9.17) is 10.5 Å². The number of urea groups is 3. The Labute approximate surface area is 649 Å². The number of halogens is 2. The van der Waals surface area contributed by atoms with Crippen molar-refractivity contribution in [2.24, 2.45) is 16.0 Å². The smallest absolute Gasteiger partial charge is 0.319 e. The molecule has 5 atom stereocenters. The molecule has 8 rings (SSSR count). The van der Waals surface area contributed by atoms with Crippen molar-refractivity contribution in [3.63, 3.8) is 0 Å². The molecule has 33 nitrogen and oxygen atoms in total. The number of likely N-dealkylation sites (tertiary alicyclic amines) is 1. The third-order valence-corrected chi connectivity index (χ3v) is 20.7. The topological polar surface area (TPSA) is 444 Å². The van der Waals surface area contributed by atoms with Crippen LogP contribution in [0.1, 0.15) is 89.3 Å². The van der Waals surface area contributed by atoms with Crippen molar-refractivity contribution in [2.45, 2.75) is 107 Å². The molecule has 0 spiro atoms. The summed E-state index contributed by atoms with van der Waals surface area (Å²) < 4.78 is 83.9. The largest absolute Gasteiger partial charge is 0.494 e. The quantitative estimate of drug-likeness (QED) is 0.0196. The van der Waals surface area contributed by atoms with Crippen LogP contribution in [0.25, 0.3) is 11.3 Å². The van der Waals surface area contributed by atoms with Crippen LogP contribution in [-0.2, 0) is 54.3 Å². The summed E-state index contributed by atoms with van der Waals surface area (Å²) in [5.41, 5.74) is 8.18. The highest BCUT2D eigenvalue weighted by molar-refractivity contribution is 7.93. The molecule has 2 aliphatic rings. The van der Waals surface area contributed by atoms with Gasteiger partial charge in [0.25, 0.3) is 15.9 Å². The van der Waals surface area contributed by atoms with E-state index >= 15 is 4.39 Å². The molecule has 0 aliphatic carbocycles. The summed E-state index contributed by atoms with van der Waals surface area (Å²) in [6.07, 6.45) is 4.52. The Morgan fingerprint density at radius 3 is 2.09 bits per heavy atom. The second-order valence-electron chi connectivity index (χ2n) is 27.8. The molecule has 112 heavy (non-hydrogen) atoms. The lowest BCUT2D eigenvalue weighted by Gasteiger charge is -2.30. The van der Waals surface area contributed by atoms with E-state index in [0.717, 1.165) is 12.6 Å². The van der Waals surface area contributed by atoms with Crippen LogP contribution in [0.4, 0.5) is 63.2 Å². The van der Waals surface area contributed by atoms with Crippen LogP contribution in [0.15, 0.2) is 125 Å². The minimum absolute atomic E-state index is 0.00449. The first-order valence-corrected chi connectivity index (χ1v) is 40.2. The van der Waals surface area contributed by atoms with E-state index in [1.165, 1.54) is 90.0 Å². The normalized spacial score (nSPS) is 15.0. The van der Waals surface area contributed by atoms with Crippen molar-refractivity contribution in [3.05, 3.63) is 138 Å². The van der Waals surface area contributed by atoms with Gasteiger partial charge in [0.05, 0.1) is 64.3 Å². The summed E-state index contributed by atoms with van der Waals surface area (Å²) in [6.45, 7) is 9.29. The van der Waals surface area contributed by atoms with Gasteiger partial charge in [0.1, 0.15) is 35.4 Å². The predicted octanol–water partition coefficient (Wildman–Crippen LogP) is 7.04. The maximum absolute atomic E-state index is 15.2. The minimum Gasteiger partial charge on any atom is -0.494 e. The highest BCUT2D eigenvalue weighted by Gasteiger charge is 2.40. The molecule has 11 amide bonds. The molecule has 37 heteroatoms. The number of hydrogen-bond acceptors (Lipinski definition) is 20. The molecule has 1 aromatic heterocycles. The Morgan fingerprint density at radius 2 is 1.39 bits per heavy atom. The Bertz CT molecular complexity index is 4590. The third kappa shape index (κ3) is 27.4. The number of benzene rings is 5. The molecule has 0 radical (unpaired) electrons. The number of carbonyl (C=O) groups is 9. The van der Waals surface area contributed by atoms with Crippen LogP contribution in [0.5, 0.6) is 5.75 Å². The van der Waals surface area contributed by atoms with Crippen molar-refractivity contribution in [3.8, 4) is 17.0 Å². The summed E-state index contributed by atoms with van der Waals surface area (Å²) in [5, 5.41) is 37.3. The first-order chi connectivity index (χ1) is 53.3. The average molecular weight is 1590 g/mol. The molecule has 1 fully saturated rings. The first-order valence-electron chi connectivity index (χ1n) is 36.6. The van der Waals surface area contributed by atoms with E-state index in [2.05, 4.69) is 72.2 Å². The number of fused-ring (bicyclic) bond motifs is 7. The number of sulfonamides is 1. The van der Waals surface area contributed by atoms with Crippen LogP contribution >= 0.6 is 0 Å². The summed E-state index contributed by atoms with van der Waals surface area (Å²) >= 11 is 0.